The maximum atomic E-state index is 12.3. The summed E-state index contributed by atoms with van der Waals surface area (Å²) in [5, 5.41) is 16.8. The number of oxime groups is 1. The number of carboxylic acids is 1. The molecule has 11 heteroatoms. The third-order valence-corrected chi connectivity index (χ3v) is 8.11. The number of benzene rings is 2. The van der Waals surface area contributed by atoms with Gasteiger partial charge in [0.1, 0.15) is 11.6 Å². The normalized spacial score (nSPS) is 16.5. The summed E-state index contributed by atoms with van der Waals surface area (Å²) < 4.78 is 32.3. The molecule has 2 aromatic carbocycles. The summed E-state index contributed by atoms with van der Waals surface area (Å²) in [7, 11) is -3.73. The van der Waals surface area contributed by atoms with Crippen LogP contribution in [0.3, 0.4) is 0 Å². The number of anilines is 1. The molecule has 42 heavy (non-hydrogen) atoms. The van der Waals surface area contributed by atoms with Gasteiger partial charge in [-0.2, -0.15) is 0 Å². The molecular formula is C31H41N3O7S. The molecule has 0 saturated carbocycles. The van der Waals surface area contributed by atoms with E-state index in [4.69, 9.17) is 9.57 Å². The molecule has 1 amide bonds. The number of nitrogens with one attached hydrogen (secondary N) is 2. The average molecular weight is 600 g/mol. The molecule has 0 aromatic heterocycles. The van der Waals surface area contributed by atoms with E-state index < -0.39 is 33.7 Å². The third-order valence-electron chi connectivity index (χ3n) is 6.36. The van der Waals surface area contributed by atoms with Crippen molar-refractivity contribution in [2.24, 2.45) is 17.0 Å². The molecule has 0 aliphatic carbocycles. The first-order valence-corrected chi connectivity index (χ1v) is 15.6. The first-order chi connectivity index (χ1) is 19.5. The standard InChI is InChI=1S/C31H41N3O7S/c1-19(2)18-42(38,39)34-26(29(35)36)17-22-9-14-25(21(4)16-22)28-20(3)8-15-27(41-33-28)23-10-12-24(13-11-23)32-30(37)40-31(5,6)7/h9-16,19-20,26,34H,8,17-18H2,1-7H3,(H,32,37)(H,35,36). The molecule has 3 N–H and O–H groups in total. The van der Waals surface area contributed by atoms with Gasteiger partial charge in [0, 0.05) is 22.7 Å². The van der Waals surface area contributed by atoms with E-state index in [0.717, 1.165) is 22.4 Å². The molecule has 0 bridgehead atoms. The molecule has 1 aliphatic rings. The molecule has 2 atom stereocenters. The monoisotopic (exact) mass is 599 g/mol. The highest BCUT2D eigenvalue weighted by atomic mass is 32.2. The van der Waals surface area contributed by atoms with Crippen LogP contribution < -0.4 is 10.0 Å². The van der Waals surface area contributed by atoms with Crippen LogP contribution in [-0.2, 0) is 30.8 Å². The topological polar surface area (TPSA) is 143 Å². The Bertz CT molecular complexity index is 1460. The molecular weight excluding hydrogens is 558 g/mol. The second kappa shape index (κ2) is 13.5. The highest BCUT2D eigenvalue weighted by Gasteiger charge is 2.26. The number of sulfonamides is 1. The molecule has 0 spiro atoms. The van der Waals surface area contributed by atoms with Gasteiger partial charge in [-0.15, -0.1) is 0 Å². The van der Waals surface area contributed by atoms with Crippen LogP contribution in [0.5, 0.6) is 0 Å². The van der Waals surface area contributed by atoms with E-state index in [1.54, 1.807) is 52.8 Å². The molecule has 3 rings (SSSR count). The van der Waals surface area contributed by atoms with Crippen molar-refractivity contribution >= 4 is 39.2 Å². The number of amides is 1. The Labute approximate surface area is 248 Å². The lowest BCUT2D eigenvalue weighted by molar-refractivity contribution is -0.138. The number of nitrogens with zero attached hydrogens (tertiary/aromatic N) is 1. The second-order valence-electron chi connectivity index (χ2n) is 12.0. The highest BCUT2D eigenvalue weighted by molar-refractivity contribution is 7.89. The van der Waals surface area contributed by atoms with Crippen LogP contribution in [0.4, 0.5) is 10.5 Å². The molecule has 0 saturated heterocycles. The maximum Gasteiger partial charge on any atom is 0.412 e. The van der Waals surface area contributed by atoms with Crippen LogP contribution in [-0.4, -0.2) is 48.7 Å². The van der Waals surface area contributed by atoms with Crippen molar-refractivity contribution in [3.63, 3.8) is 0 Å². The summed E-state index contributed by atoms with van der Waals surface area (Å²) in [5.74, 6) is -0.872. The molecule has 0 fully saturated rings. The first-order valence-electron chi connectivity index (χ1n) is 13.9. The predicted octanol–water partition coefficient (Wildman–Crippen LogP) is 5.71. The van der Waals surface area contributed by atoms with Crippen LogP contribution in [0.2, 0.25) is 0 Å². The molecule has 10 nitrogen and oxygen atoms in total. The zero-order valence-electron chi connectivity index (χ0n) is 25.2. The summed E-state index contributed by atoms with van der Waals surface area (Å²) in [6, 6.07) is 11.4. The lowest BCUT2D eigenvalue weighted by Crippen LogP contribution is -2.43. The Hall–Kier alpha value is -3.70. The zero-order chi connectivity index (χ0) is 31.2. The fraction of sp³-hybridized carbons (Fsp3) is 0.452. The Morgan fingerprint density at radius 1 is 1.14 bits per heavy atom. The molecule has 228 valence electrons. The SMILES string of the molecule is Cc1cc(CC(NS(=O)(=O)CC(C)C)C(=O)O)ccc1C1=NOC(c2ccc(NC(=O)OC(C)(C)C)cc2)=CCC1C. The number of rotatable bonds is 10. The van der Waals surface area contributed by atoms with Gasteiger partial charge in [-0.1, -0.05) is 44.1 Å². The van der Waals surface area contributed by atoms with E-state index >= 15 is 0 Å². The van der Waals surface area contributed by atoms with E-state index in [1.807, 2.05) is 44.2 Å². The number of carboxylic acid groups (broad SMARTS) is 1. The summed E-state index contributed by atoms with van der Waals surface area (Å²) in [4.78, 5) is 29.7. The van der Waals surface area contributed by atoms with Crippen molar-refractivity contribution in [2.45, 2.75) is 73.0 Å². The van der Waals surface area contributed by atoms with Gasteiger partial charge in [0.05, 0.1) is 11.5 Å². The van der Waals surface area contributed by atoms with E-state index in [-0.39, 0.29) is 24.0 Å². The number of aliphatic carboxylic acids is 1. The number of ether oxygens (including phenoxy) is 1. The van der Waals surface area contributed by atoms with E-state index in [1.165, 1.54) is 0 Å². The van der Waals surface area contributed by atoms with Gasteiger partial charge in [0.15, 0.2) is 5.76 Å². The first kappa shape index (κ1) is 32.8. The average Bonchev–Trinajstić information content (AvgIpc) is 3.03. The van der Waals surface area contributed by atoms with E-state index in [0.29, 0.717) is 23.4 Å². The largest absolute Gasteiger partial charge is 0.480 e. The second-order valence-corrected chi connectivity index (χ2v) is 13.8. The van der Waals surface area contributed by atoms with E-state index in [9.17, 15) is 23.1 Å². The van der Waals surface area contributed by atoms with Gasteiger partial charge in [0.2, 0.25) is 10.0 Å². The van der Waals surface area contributed by atoms with Crippen molar-refractivity contribution in [1.29, 1.82) is 0 Å². The predicted molar refractivity (Wildman–Crippen MR) is 164 cm³/mol. The summed E-state index contributed by atoms with van der Waals surface area (Å²) in [6.07, 6.45) is 2.13. The van der Waals surface area contributed by atoms with Gasteiger partial charge in [-0.25, -0.2) is 17.9 Å². The third kappa shape index (κ3) is 9.70. The van der Waals surface area contributed by atoms with E-state index in [2.05, 4.69) is 15.2 Å². The highest BCUT2D eigenvalue weighted by Crippen LogP contribution is 2.28. The number of allylic oxidation sites excluding steroid dienone is 1. The van der Waals surface area contributed by atoms with Crippen LogP contribution >= 0.6 is 0 Å². The summed E-state index contributed by atoms with van der Waals surface area (Å²) >= 11 is 0. The van der Waals surface area contributed by atoms with Gasteiger partial charge in [-0.05, 0) is 87.9 Å². The van der Waals surface area contributed by atoms with Gasteiger partial charge in [0.25, 0.3) is 0 Å². The lowest BCUT2D eigenvalue weighted by atomic mass is 9.90. The summed E-state index contributed by atoms with van der Waals surface area (Å²) in [6.45, 7) is 12.9. The Balaban J connectivity index is 1.72. The minimum absolute atomic E-state index is 0.0107. The minimum Gasteiger partial charge on any atom is -0.480 e. The Morgan fingerprint density at radius 2 is 1.81 bits per heavy atom. The molecule has 0 radical (unpaired) electrons. The quantitative estimate of drug-likeness (QED) is 0.317. The number of carbonyl (C=O) groups excluding carboxylic acids is 1. The number of hydrogen-bond donors (Lipinski definition) is 3. The van der Waals surface area contributed by atoms with Crippen molar-refractivity contribution in [3.05, 3.63) is 70.8 Å². The summed E-state index contributed by atoms with van der Waals surface area (Å²) in [5.41, 5.74) is 3.98. The van der Waals surface area contributed by atoms with Gasteiger partial charge in [-0.3, -0.25) is 10.1 Å². The number of aryl methyl sites for hydroxylation is 1. The molecule has 2 unspecified atom stereocenters. The molecule has 1 heterocycles. The van der Waals surface area contributed by atoms with Crippen LogP contribution in [0.15, 0.2) is 53.7 Å². The van der Waals surface area contributed by atoms with Gasteiger partial charge >= 0.3 is 12.1 Å². The Morgan fingerprint density at radius 3 is 2.38 bits per heavy atom. The fourth-order valence-electron chi connectivity index (χ4n) is 4.50. The van der Waals surface area contributed by atoms with Gasteiger partial charge < -0.3 is 14.7 Å². The molecule has 1 aliphatic heterocycles. The van der Waals surface area contributed by atoms with Crippen molar-refractivity contribution in [2.75, 3.05) is 11.1 Å². The van der Waals surface area contributed by atoms with Crippen molar-refractivity contribution in [1.82, 2.24) is 4.72 Å². The van der Waals surface area contributed by atoms with Crippen LogP contribution in [0.1, 0.15) is 70.2 Å². The van der Waals surface area contributed by atoms with Crippen molar-refractivity contribution < 1.29 is 32.7 Å². The lowest BCUT2D eigenvalue weighted by Gasteiger charge is -2.19. The smallest absolute Gasteiger partial charge is 0.412 e. The molecule has 2 aromatic rings. The van der Waals surface area contributed by atoms with Crippen LogP contribution in [0, 0.1) is 18.8 Å². The van der Waals surface area contributed by atoms with Crippen molar-refractivity contribution in [3.8, 4) is 0 Å². The minimum atomic E-state index is -3.73. The number of carbonyl (C=O) groups is 2. The number of hydrogen-bond acceptors (Lipinski definition) is 7. The maximum absolute atomic E-state index is 12.3. The zero-order valence-corrected chi connectivity index (χ0v) is 26.0. The fourth-order valence-corrected chi connectivity index (χ4v) is 6.10. The van der Waals surface area contributed by atoms with Crippen LogP contribution in [0.25, 0.3) is 5.76 Å². The Kier molecular flexibility index (Phi) is 10.6.